The lowest BCUT2D eigenvalue weighted by atomic mass is 9.65. The number of likely N-dealkylation sites (tertiary alicyclic amines) is 1. The molecule has 3 aliphatic rings. The molecule has 2 aliphatic carbocycles. The van der Waals surface area contributed by atoms with Gasteiger partial charge in [0, 0.05) is 30.6 Å². The molecule has 1 spiro atoms. The normalized spacial score (nSPS) is 27.5. The Labute approximate surface area is 190 Å². The fourth-order valence-electron chi connectivity index (χ4n) is 6.44. The summed E-state index contributed by atoms with van der Waals surface area (Å²) in [6.45, 7) is 3.41. The van der Waals surface area contributed by atoms with Gasteiger partial charge in [-0.15, -0.1) is 0 Å². The first-order chi connectivity index (χ1) is 14.8. The van der Waals surface area contributed by atoms with E-state index in [1.165, 1.54) is 49.1 Å². The highest BCUT2D eigenvalue weighted by atomic mass is 35.5. The fourth-order valence-corrected chi connectivity index (χ4v) is 6.61. The number of piperidine rings is 1. The van der Waals surface area contributed by atoms with Crippen LogP contribution in [-0.4, -0.2) is 44.2 Å². The number of rotatable bonds is 5. The summed E-state index contributed by atoms with van der Waals surface area (Å²) in [5.41, 5.74) is -1.65. The quantitative estimate of drug-likeness (QED) is 0.736. The van der Waals surface area contributed by atoms with Crippen LogP contribution in [0.15, 0.2) is 17.2 Å². The number of aromatic nitrogens is 2. The lowest BCUT2D eigenvalue weighted by Gasteiger charge is -2.52. The number of carbonyl (C=O) groups excluding carboxylic acids is 1. The highest BCUT2D eigenvalue weighted by Crippen LogP contribution is 2.51. The van der Waals surface area contributed by atoms with E-state index in [9.17, 15) is 14.7 Å². The second-order valence-electron chi connectivity index (χ2n) is 10.3. The minimum absolute atomic E-state index is 0.0365. The van der Waals surface area contributed by atoms with Gasteiger partial charge >= 0.3 is 0 Å². The molecule has 1 aliphatic heterocycles. The molecule has 3 fully saturated rings. The van der Waals surface area contributed by atoms with Crippen molar-refractivity contribution in [2.45, 2.75) is 89.7 Å². The lowest BCUT2D eigenvalue weighted by molar-refractivity contribution is -0.163. The third-order valence-corrected chi connectivity index (χ3v) is 8.45. The van der Waals surface area contributed by atoms with Crippen LogP contribution in [-0.2, 0) is 11.3 Å². The summed E-state index contributed by atoms with van der Waals surface area (Å²) in [4.78, 5) is 31.5. The van der Waals surface area contributed by atoms with Crippen molar-refractivity contribution in [1.82, 2.24) is 14.5 Å². The third kappa shape index (κ3) is 4.70. The molecule has 0 aromatic carbocycles. The van der Waals surface area contributed by atoms with Gasteiger partial charge in [0.2, 0.25) is 5.91 Å². The van der Waals surface area contributed by atoms with E-state index in [0.717, 1.165) is 32.1 Å². The van der Waals surface area contributed by atoms with Gasteiger partial charge in [-0.05, 0) is 31.6 Å². The number of amides is 1. The van der Waals surface area contributed by atoms with Gasteiger partial charge in [-0.25, -0.2) is 4.98 Å². The third-order valence-electron chi connectivity index (χ3n) is 8.26. The van der Waals surface area contributed by atoms with Crippen LogP contribution in [0.5, 0.6) is 0 Å². The average molecular weight is 450 g/mol. The van der Waals surface area contributed by atoms with Gasteiger partial charge in [0.1, 0.15) is 5.15 Å². The molecule has 1 aromatic heterocycles. The lowest BCUT2D eigenvalue weighted by Crippen LogP contribution is -2.62. The molecule has 2 saturated carbocycles. The molecule has 172 valence electrons. The minimum Gasteiger partial charge on any atom is -0.387 e. The summed E-state index contributed by atoms with van der Waals surface area (Å²) in [5.74, 6) is 0.954. The van der Waals surface area contributed by atoms with E-state index >= 15 is 0 Å². The topological polar surface area (TPSA) is 75.4 Å². The van der Waals surface area contributed by atoms with Crippen molar-refractivity contribution >= 4 is 17.5 Å². The maximum Gasteiger partial charge on any atom is 0.269 e. The van der Waals surface area contributed by atoms with Gasteiger partial charge in [-0.3, -0.25) is 9.59 Å². The summed E-state index contributed by atoms with van der Waals surface area (Å²) < 4.78 is 1.48. The molecule has 1 amide bonds. The Balaban J connectivity index is 1.49. The largest absolute Gasteiger partial charge is 0.387 e. The Hall–Kier alpha value is -1.40. The first-order valence-corrected chi connectivity index (χ1v) is 12.4. The Kier molecular flexibility index (Phi) is 6.78. The van der Waals surface area contributed by atoms with Crippen molar-refractivity contribution < 1.29 is 9.90 Å². The van der Waals surface area contributed by atoms with Gasteiger partial charge in [-0.1, -0.05) is 63.5 Å². The van der Waals surface area contributed by atoms with Gasteiger partial charge in [-0.2, -0.15) is 0 Å². The molecule has 0 bridgehead atoms. The first-order valence-electron chi connectivity index (χ1n) is 12.1. The van der Waals surface area contributed by atoms with Gasteiger partial charge in [0.05, 0.1) is 18.3 Å². The monoisotopic (exact) mass is 449 g/mol. The van der Waals surface area contributed by atoms with E-state index in [1.807, 2.05) is 4.90 Å². The van der Waals surface area contributed by atoms with Crippen LogP contribution in [0.1, 0.15) is 77.6 Å². The molecule has 1 N–H and O–H groups in total. The minimum atomic E-state index is -1.03. The summed E-state index contributed by atoms with van der Waals surface area (Å²) in [5, 5.41) is 12.1. The van der Waals surface area contributed by atoms with Gasteiger partial charge in [0.15, 0.2) is 0 Å². The van der Waals surface area contributed by atoms with Crippen molar-refractivity contribution in [2.24, 2.45) is 17.3 Å². The zero-order valence-corrected chi connectivity index (χ0v) is 19.4. The fraction of sp³-hybridized carbons (Fsp3) is 0.792. The maximum atomic E-state index is 13.3. The Morgan fingerprint density at radius 2 is 1.94 bits per heavy atom. The van der Waals surface area contributed by atoms with Crippen LogP contribution in [0.25, 0.3) is 0 Å². The van der Waals surface area contributed by atoms with Crippen molar-refractivity contribution in [2.75, 3.05) is 13.1 Å². The van der Waals surface area contributed by atoms with Crippen LogP contribution in [0.2, 0.25) is 5.15 Å². The van der Waals surface area contributed by atoms with E-state index in [1.54, 1.807) is 0 Å². The molecule has 1 saturated heterocycles. The van der Waals surface area contributed by atoms with Crippen molar-refractivity contribution in [3.63, 3.8) is 0 Å². The number of aliphatic hydroxyl groups is 1. The number of halogens is 1. The molecule has 2 atom stereocenters. The van der Waals surface area contributed by atoms with E-state index in [0.29, 0.717) is 25.4 Å². The van der Waals surface area contributed by atoms with Crippen LogP contribution >= 0.6 is 11.6 Å². The Morgan fingerprint density at radius 1 is 1.23 bits per heavy atom. The molecule has 6 nitrogen and oxygen atoms in total. The molecule has 2 heterocycles. The smallest absolute Gasteiger partial charge is 0.269 e. The van der Waals surface area contributed by atoms with E-state index in [2.05, 4.69) is 11.9 Å². The van der Waals surface area contributed by atoms with Crippen LogP contribution in [0.4, 0.5) is 0 Å². The molecule has 4 rings (SSSR count). The average Bonchev–Trinajstić information content (AvgIpc) is 3.23. The van der Waals surface area contributed by atoms with Crippen molar-refractivity contribution in [3.05, 3.63) is 27.9 Å². The molecule has 31 heavy (non-hydrogen) atoms. The summed E-state index contributed by atoms with van der Waals surface area (Å²) >= 11 is 6.01. The predicted molar refractivity (Wildman–Crippen MR) is 121 cm³/mol. The number of hydrogen-bond acceptors (Lipinski definition) is 4. The summed E-state index contributed by atoms with van der Waals surface area (Å²) in [6.07, 6.45) is 14.5. The van der Waals surface area contributed by atoms with Gasteiger partial charge < -0.3 is 14.6 Å². The Morgan fingerprint density at radius 3 is 2.65 bits per heavy atom. The van der Waals surface area contributed by atoms with Crippen LogP contribution < -0.4 is 5.56 Å². The van der Waals surface area contributed by atoms with E-state index in [4.69, 9.17) is 11.6 Å². The first kappa shape index (κ1) is 22.8. The number of hydrogen-bond donors (Lipinski definition) is 1. The molecule has 7 heteroatoms. The molecule has 1 aromatic rings. The predicted octanol–water partition coefficient (Wildman–Crippen LogP) is 4.03. The maximum absolute atomic E-state index is 13.3. The van der Waals surface area contributed by atoms with Crippen molar-refractivity contribution in [3.8, 4) is 0 Å². The zero-order valence-electron chi connectivity index (χ0n) is 18.7. The van der Waals surface area contributed by atoms with Gasteiger partial charge in [0.25, 0.3) is 5.56 Å². The highest BCUT2D eigenvalue weighted by Gasteiger charge is 2.55. The molecular formula is C24H36ClN3O3. The standard InChI is InChI=1S/C24H36ClN3O3/c1-18(13-19-7-3-2-4-8-19)22(30)27-12-11-24(31,23(16-27)9-5-6-10-23)17-28-15-20(25)26-14-21(28)29/h14-15,18-19,31H,2-13,16-17H2,1H3/t18-,24?/m1/s1. The number of carbonyl (C=O) groups is 1. The van der Waals surface area contributed by atoms with Crippen LogP contribution in [0, 0.1) is 17.3 Å². The molecule has 1 unspecified atom stereocenters. The Bertz CT molecular complexity index is 845. The molecular weight excluding hydrogens is 414 g/mol. The second-order valence-corrected chi connectivity index (χ2v) is 10.7. The van der Waals surface area contributed by atoms with E-state index in [-0.39, 0.29) is 34.5 Å². The van der Waals surface area contributed by atoms with Crippen LogP contribution in [0.3, 0.4) is 0 Å². The molecule has 0 radical (unpaired) electrons. The SMILES string of the molecule is C[C@H](CC1CCCCC1)C(=O)N1CCC(O)(Cn2cc(Cl)ncc2=O)C2(CCCC2)C1. The summed E-state index contributed by atoms with van der Waals surface area (Å²) in [6, 6.07) is 0. The highest BCUT2D eigenvalue weighted by molar-refractivity contribution is 6.29. The van der Waals surface area contributed by atoms with E-state index < -0.39 is 5.60 Å². The van der Waals surface area contributed by atoms with Crippen molar-refractivity contribution in [1.29, 1.82) is 0 Å². The second kappa shape index (κ2) is 9.22. The number of nitrogens with zero attached hydrogens (tertiary/aromatic N) is 3. The summed E-state index contributed by atoms with van der Waals surface area (Å²) in [7, 11) is 0. The zero-order chi connectivity index (χ0) is 22.1.